The maximum atomic E-state index is 12.1. The molecule has 2 aromatic carbocycles. The molecule has 0 aliphatic heterocycles. The molecule has 0 saturated carbocycles. The zero-order chi connectivity index (χ0) is 18.5. The van der Waals surface area contributed by atoms with Gasteiger partial charge in [-0.1, -0.05) is 23.3 Å². The van der Waals surface area contributed by atoms with Crippen LogP contribution in [-0.2, 0) is 0 Å². The van der Waals surface area contributed by atoms with E-state index in [-0.39, 0.29) is 17.8 Å². The van der Waals surface area contributed by atoms with Gasteiger partial charge in [0.25, 0.3) is 5.91 Å². The van der Waals surface area contributed by atoms with Crippen molar-refractivity contribution in [2.45, 2.75) is 0 Å². The van der Waals surface area contributed by atoms with Crippen molar-refractivity contribution in [3.05, 3.63) is 48.0 Å². The van der Waals surface area contributed by atoms with Gasteiger partial charge in [0.05, 0.1) is 21.3 Å². The van der Waals surface area contributed by atoms with Crippen molar-refractivity contribution >= 4 is 11.9 Å². The summed E-state index contributed by atoms with van der Waals surface area (Å²) >= 11 is 0. The number of aromatic nitrogens is 2. The minimum atomic E-state index is -0.342. The van der Waals surface area contributed by atoms with Gasteiger partial charge in [0.1, 0.15) is 0 Å². The van der Waals surface area contributed by atoms with Gasteiger partial charge >= 0.3 is 6.01 Å². The molecule has 0 saturated heterocycles. The average Bonchev–Trinajstić information content (AvgIpc) is 3.15. The third kappa shape index (κ3) is 3.44. The van der Waals surface area contributed by atoms with Crippen LogP contribution >= 0.6 is 0 Å². The first-order valence-corrected chi connectivity index (χ1v) is 7.66. The van der Waals surface area contributed by atoms with Crippen molar-refractivity contribution in [2.24, 2.45) is 0 Å². The highest BCUT2D eigenvalue weighted by Gasteiger charge is 2.18. The predicted octanol–water partition coefficient (Wildman–Crippen LogP) is 3.01. The van der Waals surface area contributed by atoms with Crippen LogP contribution in [0, 0.1) is 0 Å². The molecule has 8 heteroatoms. The number of rotatable bonds is 6. The Bertz CT molecular complexity index is 883. The molecular formula is C18H17N3O5. The monoisotopic (exact) mass is 355 g/mol. The fraction of sp³-hybridized carbons (Fsp3) is 0.167. The van der Waals surface area contributed by atoms with Crippen molar-refractivity contribution in [1.29, 1.82) is 0 Å². The highest BCUT2D eigenvalue weighted by atomic mass is 16.5. The zero-order valence-corrected chi connectivity index (χ0v) is 14.5. The number of nitrogens with zero attached hydrogens (tertiary/aromatic N) is 2. The Morgan fingerprint density at radius 1 is 0.962 bits per heavy atom. The lowest BCUT2D eigenvalue weighted by molar-refractivity contribution is 0.102. The van der Waals surface area contributed by atoms with Crippen LogP contribution in [0.25, 0.3) is 11.5 Å². The zero-order valence-electron chi connectivity index (χ0n) is 14.5. The summed E-state index contributed by atoms with van der Waals surface area (Å²) in [6, 6.07) is 12.1. The summed E-state index contributed by atoms with van der Waals surface area (Å²) in [5.41, 5.74) is 1.05. The maximum absolute atomic E-state index is 12.1. The largest absolute Gasteiger partial charge is 0.493 e. The molecule has 0 radical (unpaired) electrons. The number of ether oxygens (including phenoxy) is 3. The SMILES string of the molecule is COc1cc(-c2nnc(NC(=O)c3ccccc3)o2)cc(OC)c1OC. The second-order valence-corrected chi connectivity index (χ2v) is 5.15. The number of amides is 1. The normalized spacial score (nSPS) is 10.3. The summed E-state index contributed by atoms with van der Waals surface area (Å²) in [7, 11) is 4.55. The van der Waals surface area contributed by atoms with Crippen molar-refractivity contribution < 1.29 is 23.4 Å². The Labute approximate surface area is 149 Å². The van der Waals surface area contributed by atoms with Crippen LogP contribution in [0.15, 0.2) is 46.9 Å². The van der Waals surface area contributed by atoms with Crippen molar-refractivity contribution in [1.82, 2.24) is 10.2 Å². The van der Waals surface area contributed by atoms with Crippen LogP contribution < -0.4 is 19.5 Å². The number of carbonyl (C=O) groups excluding carboxylic acids is 1. The topological polar surface area (TPSA) is 95.7 Å². The number of methoxy groups -OCH3 is 3. The fourth-order valence-electron chi connectivity index (χ4n) is 2.35. The van der Waals surface area contributed by atoms with Gasteiger partial charge in [0.15, 0.2) is 11.5 Å². The van der Waals surface area contributed by atoms with Gasteiger partial charge in [-0.05, 0) is 24.3 Å². The molecule has 0 aliphatic carbocycles. The standard InChI is InChI=1S/C18H17N3O5/c1-23-13-9-12(10-14(24-2)15(13)25-3)17-20-21-18(26-17)19-16(22)11-7-5-4-6-8-11/h4-10H,1-3H3,(H,19,21,22). The predicted molar refractivity (Wildman–Crippen MR) is 93.8 cm³/mol. The summed E-state index contributed by atoms with van der Waals surface area (Å²) < 4.78 is 21.4. The van der Waals surface area contributed by atoms with Gasteiger partial charge in [-0.25, -0.2) is 0 Å². The Balaban J connectivity index is 1.87. The molecule has 3 aromatic rings. The van der Waals surface area contributed by atoms with Gasteiger partial charge in [-0.2, -0.15) is 0 Å². The van der Waals surface area contributed by atoms with Crippen molar-refractivity contribution in [2.75, 3.05) is 26.6 Å². The van der Waals surface area contributed by atoms with Crippen LogP contribution in [0.3, 0.4) is 0 Å². The number of nitrogens with one attached hydrogen (secondary N) is 1. The van der Waals surface area contributed by atoms with E-state index < -0.39 is 0 Å². The number of carbonyl (C=O) groups is 1. The van der Waals surface area contributed by atoms with E-state index in [0.29, 0.717) is 28.4 Å². The smallest absolute Gasteiger partial charge is 0.322 e. The van der Waals surface area contributed by atoms with E-state index in [1.807, 2.05) is 6.07 Å². The molecule has 1 amide bonds. The Morgan fingerprint density at radius 3 is 2.19 bits per heavy atom. The lowest BCUT2D eigenvalue weighted by atomic mass is 10.2. The third-order valence-electron chi connectivity index (χ3n) is 3.59. The molecule has 0 atom stereocenters. The Hall–Kier alpha value is -3.55. The number of benzene rings is 2. The van der Waals surface area contributed by atoms with Gasteiger partial charge in [0, 0.05) is 11.1 Å². The highest BCUT2D eigenvalue weighted by molar-refractivity contribution is 6.03. The second-order valence-electron chi connectivity index (χ2n) is 5.15. The lowest BCUT2D eigenvalue weighted by Gasteiger charge is -2.12. The summed E-state index contributed by atoms with van der Waals surface area (Å²) in [5.74, 6) is 1.22. The van der Waals surface area contributed by atoms with Gasteiger partial charge in [0.2, 0.25) is 11.6 Å². The lowest BCUT2D eigenvalue weighted by Crippen LogP contribution is -2.11. The van der Waals surface area contributed by atoms with Crippen molar-refractivity contribution in [3.8, 4) is 28.7 Å². The molecule has 0 fully saturated rings. The van der Waals surface area contributed by atoms with E-state index in [4.69, 9.17) is 18.6 Å². The summed E-state index contributed by atoms with van der Waals surface area (Å²) in [6.45, 7) is 0. The Morgan fingerprint density at radius 2 is 1.62 bits per heavy atom. The molecule has 134 valence electrons. The molecule has 0 spiro atoms. The van der Waals surface area contributed by atoms with E-state index in [2.05, 4.69) is 15.5 Å². The van der Waals surface area contributed by atoms with Crippen LogP contribution in [0.2, 0.25) is 0 Å². The molecule has 1 heterocycles. The number of anilines is 1. The van der Waals surface area contributed by atoms with Gasteiger partial charge in [-0.15, -0.1) is 5.10 Å². The fourth-order valence-corrected chi connectivity index (χ4v) is 2.35. The minimum Gasteiger partial charge on any atom is -0.493 e. The van der Waals surface area contributed by atoms with Gasteiger partial charge < -0.3 is 18.6 Å². The highest BCUT2D eigenvalue weighted by Crippen LogP contribution is 2.41. The first kappa shape index (κ1) is 17.3. The van der Waals surface area contributed by atoms with Crippen LogP contribution in [-0.4, -0.2) is 37.4 Å². The molecule has 0 unspecified atom stereocenters. The van der Waals surface area contributed by atoms with E-state index in [1.54, 1.807) is 36.4 Å². The average molecular weight is 355 g/mol. The molecule has 3 rings (SSSR count). The number of hydrogen-bond donors (Lipinski definition) is 1. The summed E-state index contributed by atoms with van der Waals surface area (Å²) in [5, 5.41) is 10.4. The van der Waals surface area contributed by atoms with Crippen LogP contribution in [0.5, 0.6) is 17.2 Å². The number of hydrogen-bond acceptors (Lipinski definition) is 7. The molecule has 1 aromatic heterocycles. The van der Waals surface area contributed by atoms with E-state index in [9.17, 15) is 4.79 Å². The van der Waals surface area contributed by atoms with Crippen LogP contribution in [0.4, 0.5) is 6.01 Å². The molecular weight excluding hydrogens is 338 g/mol. The first-order chi connectivity index (χ1) is 12.7. The molecule has 26 heavy (non-hydrogen) atoms. The summed E-state index contributed by atoms with van der Waals surface area (Å²) in [4.78, 5) is 12.1. The molecule has 1 N–H and O–H groups in total. The summed E-state index contributed by atoms with van der Waals surface area (Å²) in [6.07, 6.45) is 0. The van der Waals surface area contributed by atoms with Crippen molar-refractivity contribution in [3.63, 3.8) is 0 Å². The van der Waals surface area contributed by atoms with E-state index in [1.165, 1.54) is 21.3 Å². The van der Waals surface area contributed by atoms with E-state index in [0.717, 1.165) is 0 Å². The first-order valence-electron chi connectivity index (χ1n) is 7.66. The van der Waals surface area contributed by atoms with E-state index >= 15 is 0 Å². The third-order valence-corrected chi connectivity index (χ3v) is 3.59. The molecule has 0 aliphatic rings. The minimum absolute atomic E-state index is 0.0115. The maximum Gasteiger partial charge on any atom is 0.322 e. The molecule has 0 bridgehead atoms. The Kier molecular flexibility index (Phi) is 5.02. The quantitative estimate of drug-likeness (QED) is 0.726. The second kappa shape index (κ2) is 7.56. The molecule has 8 nitrogen and oxygen atoms in total. The van der Waals surface area contributed by atoms with Crippen LogP contribution in [0.1, 0.15) is 10.4 Å². The van der Waals surface area contributed by atoms with Gasteiger partial charge in [-0.3, -0.25) is 10.1 Å².